The fraction of sp³-hybridized carbons (Fsp3) is 0.304. The fourth-order valence-corrected chi connectivity index (χ4v) is 5.22. The number of nitrogens with one attached hydrogen (secondary N) is 1. The lowest BCUT2D eigenvalue weighted by molar-refractivity contribution is -0.113. The van der Waals surface area contributed by atoms with Crippen LogP contribution in [-0.4, -0.2) is 39.0 Å². The van der Waals surface area contributed by atoms with Crippen molar-refractivity contribution in [2.45, 2.75) is 37.4 Å². The van der Waals surface area contributed by atoms with Gasteiger partial charge in [0, 0.05) is 16.9 Å². The third kappa shape index (κ3) is 4.80. The lowest BCUT2D eigenvalue weighted by atomic mass is 10.1. The largest absolute Gasteiger partial charge is 0.467 e. The van der Waals surface area contributed by atoms with Gasteiger partial charge in [-0.05, 0) is 44.0 Å². The molecule has 0 saturated heterocycles. The molecule has 0 aliphatic heterocycles. The van der Waals surface area contributed by atoms with Crippen LogP contribution in [-0.2, 0) is 16.1 Å². The number of rotatable bonds is 10. The van der Waals surface area contributed by atoms with Crippen molar-refractivity contribution in [3.63, 3.8) is 0 Å². The Morgan fingerprint density at radius 1 is 1.24 bits per heavy atom. The quantitative estimate of drug-likeness (QED) is 0.239. The molecule has 1 aliphatic rings. The third-order valence-corrected chi connectivity index (χ3v) is 7.09. The average Bonchev–Trinajstić information content (AvgIpc) is 3.28. The third-order valence-electron chi connectivity index (χ3n) is 5.22. The van der Waals surface area contributed by atoms with E-state index >= 15 is 0 Å². The maximum atomic E-state index is 12.8. The van der Waals surface area contributed by atoms with Gasteiger partial charge in [-0.3, -0.25) is 9.36 Å². The van der Waals surface area contributed by atoms with Gasteiger partial charge < -0.3 is 18.9 Å². The second-order valence-electron chi connectivity index (χ2n) is 7.67. The first-order chi connectivity index (χ1) is 16.6. The molecule has 1 aliphatic carbocycles. The van der Waals surface area contributed by atoms with Crippen LogP contribution in [0, 0.1) is 0 Å². The van der Waals surface area contributed by atoms with Gasteiger partial charge in [0.05, 0.1) is 31.4 Å². The van der Waals surface area contributed by atoms with Crippen LogP contribution in [0.25, 0.3) is 11.3 Å². The molecule has 11 heteroatoms. The summed E-state index contributed by atoms with van der Waals surface area (Å²) in [6.45, 7) is 2.48. The Balaban J connectivity index is 1.31. The summed E-state index contributed by atoms with van der Waals surface area (Å²) in [7, 11) is 0. The summed E-state index contributed by atoms with van der Waals surface area (Å²) < 4.78 is 18.2. The molecule has 34 heavy (non-hydrogen) atoms. The zero-order valence-electron chi connectivity index (χ0n) is 18.4. The molecule has 4 heterocycles. The molecule has 1 saturated carbocycles. The normalized spacial score (nSPS) is 13.2. The number of furan rings is 2. The molecular formula is C23H22N4O5S2. The van der Waals surface area contributed by atoms with Crippen LogP contribution in [0.3, 0.4) is 0 Å². The summed E-state index contributed by atoms with van der Waals surface area (Å²) >= 11 is 2.55. The number of amides is 1. The number of aromatic nitrogens is 3. The molecule has 9 nitrogen and oxygen atoms in total. The monoisotopic (exact) mass is 498 g/mol. The molecule has 1 amide bonds. The molecule has 176 valence electrons. The van der Waals surface area contributed by atoms with E-state index in [0.717, 1.165) is 24.4 Å². The molecule has 0 unspecified atom stereocenters. The first-order valence-corrected chi connectivity index (χ1v) is 12.7. The highest BCUT2D eigenvalue weighted by Crippen LogP contribution is 2.40. The van der Waals surface area contributed by atoms with Gasteiger partial charge in [0.2, 0.25) is 5.91 Å². The predicted molar refractivity (Wildman–Crippen MR) is 127 cm³/mol. The number of carbonyl (C=O) groups excluding carboxylic acids is 2. The van der Waals surface area contributed by atoms with Gasteiger partial charge in [-0.15, -0.1) is 21.5 Å². The van der Waals surface area contributed by atoms with E-state index in [0.29, 0.717) is 33.9 Å². The Labute approximate surface area is 203 Å². The van der Waals surface area contributed by atoms with Crippen molar-refractivity contribution in [1.29, 1.82) is 0 Å². The standard InChI is InChI=1S/C23H22N4O5S2/c1-2-30-22(29)19-16(17-6-4-10-32-17)12-33-21(19)24-18(28)13-34-23-26-25-20(14-7-8-14)27(23)11-15-5-3-9-31-15/h3-6,9-10,12,14H,2,7-8,11,13H2,1H3,(H,24,28). The number of nitrogens with zero attached hydrogens (tertiary/aromatic N) is 3. The van der Waals surface area contributed by atoms with Crippen molar-refractivity contribution < 1.29 is 23.2 Å². The molecule has 0 aromatic carbocycles. The smallest absolute Gasteiger partial charge is 0.341 e. The number of hydrogen-bond acceptors (Lipinski definition) is 9. The van der Waals surface area contributed by atoms with Crippen LogP contribution in [0.4, 0.5) is 5.00 Å². The number of thioether (sulfide) groups is 1. The van der Waals surface area contributed by atoms with Crippen LogP contribution in [0.15, 0.2) is 56.2 Å². The van der Waals surface area contributed by atoms with E-state index in [4.69, 9.17) is 13.6 Å². The zero-order chi connectivity index (χ0) is 23.5. The highest BCUT2D eigenvalue weighted by molar-refractivity contribution is 7.99. The van der Waals surface area contributed by atoms with E-state index in [-0.39, 0.29) is 23.8 Å². The van der Waals surface area contributed by atoms with Gasteiger partial charge in [0.15, 0.2) is 5.16 Å². The van der Waals surface area contributed by atoms with Gasteiger partial charge in [-0.1, -0.05) is 11.8 Å². The Morgan fingerprint density at radius 2 is 2.06 bits per heavy atom. The number of thiophene rings is 1. The van der Waals surface area contributed by atoms with E-state index in [1.165, 1.54) is 29.4 Å². The van der Waals surface area contributed by atoms with Crippen molar-refractivity contribution in [3.05, 3.63) is 59.3 Å². The van der Waals surface area contributed by atoms with E-state index in [1.54, 1.807) is 30.7 Å². The molecule has 4 aromatic rings. The van der Waals surface area contributed by atoms with Crippen molar-refractivity contribution in [1.82, 2.24) is 14.8 Å². The minimum atomic E-state index is -0.509. The van der Waals surface area contributed by atoms with Crippen molar-refractivity contribution in [2.24, 2.45) is 0 Å². The first-order valence-electron chi connectivity index (χ1n) is 10.8. The van der Waals surface area contributed by atoms with Crippen LogP contribution < -0.4 is 5.32 Å². The van der Waals surface area contributed by atoms with Crippen LogP contribution >= 0.6 is 23.1 Å². The lowest BCUT2D eigenvalue weighted by Crippen LogP contribution is -2.17. The van der Waals surface area contributed by atoms with E-state index in [2.05, 4.69) is 15.5 Å². The molecule has 0 bridgehead atoms. The molecule has 0 radical (unpaired) electrons. The van der Waals surface area contributed by atoms with Crippen molar-refractivity contribution in [2.75, 3.05) is 17.7 Å². The van der Waals surface area contributed by atoms with E-state index in [9.17, 15) is 9.59 Å². The number of hydrogen-bond donors (Lipinski definition) is 1. The van der Waals surface area contributed by atoms with Gasteiger partial charge in [-0.2, -0.15) is 0 Å². The van der Waals surface area contributed by atoms with Crippen molar-refractivity contribution in [3.8, 4) is 11.3 Å². The zero-order valence-corrected chi connectivity index (χ0v) is 20.0. The summed E-state index contributed by atoms with van der Waals surface area (Å²) in [5.41, 5.74) is 0.876. The summed E-state index contributed by atoms with van der Waals surface area (Å²) in [5.74, 6) is 2.00. The van der Waals surface area contributed by atoms with E-state index < -0.39 is 5.97 Å². The molecule has 1 fully saturated rings. The Bertz CT molecular complexity index is 1270. The number of esters is 1. The summed E-state index contributed by atoms with van der Waals surface area (Å²) in [4.78, 5) is 25.4. The minimum Gasteiger partial charge on any atom is -0.467 e. The van der Waals surface area contributed by atoms with E-state index in [1.807, 2.05) is 16.7 Å². The molecule has 5 rings (SSSR count). The molecule has 0 atom stereocenters. The maximum absolute atomic E-state index is 12.8. The average molecular weight is 499 g/mol. The second-order valence-corrected chi connectivity index (χ2v) is 9.49. The molecular weight excluding hydrogens is 476 g/mol. The summed E-state index contributed by atoms with van der Waals surface area (Å²) in [6.07, 6.45) is 5.35. The van der Waals surface area contributed by atoms with Crippen molar-refractivity contribution >= 4 is 40.0 Å². The Morgan fingerprint density at radius 3 is 2.76 bits per heavy atom. The van der Waals surface area contributed by atoms with Crippen LogP contribution in [0.2, 0.25) is 0 Å². The highest BCUT2D eigenvalue weighted by Gasteiger charge is 2.31. The van der Waals surface area contributed by atoms with Gasteiger partial charge >= 0.3 is 5.97 Å². The number of ether oxygens (including phenoxy) is 1. The minimum absolute atomic E-state index is 0.108. The van der Waals surface area contributed by atoms with Gasteiger partial charge in [0.25, 0.3) is 0 Å². The highest BCUT2D eigenvalue weighted by atomic mass is 32.2. The van der Waals surface area contributed by atoms with Crippen LogP contribution in [0.1, 0.15) is 47.6 Å². The topological polar surface area (TPSA) is 112 Å². The predicted octanol–water partition coefficient (Wildman–Crippen LogP) is 5.03. The SMILES string of the molecule is CCOC(=O)c1c(-c2ccco2)csc1NC(=O)CSc1nnc(C2CC2)n1Cc1ccco1. The molecule has 0 spiro atoms. The maximum Gasteiger partial charge on any atom is 0.341 e. The Kier molecular flexibility index (Phi) is 6.54. The fourth-order valence-electron chi connectivity index (χ4n) is 3.52. The molecule has 4 aromatic heterocycles. The summed E-state index contributed by atoms with van der Waals surface area (Å²) in [5, 5.41) is 14.4. The van der Waals surface area contributed by atoms with Gasteiger partial charge in [0.1, 0.15) is 27.9 Å². The first kappa shape index (κ1) is 22.5. The molecule has 1 N–H and O–H groups in total. The number of carbonyl (C=O) groups is 2. The summed E-state index contributed by atoms with van der Waals surface area (Å²) in [6, 6.07) is 7.25. The Hall–Kier alpha value is -3.31. The number of anilines is 1. The second kappa shape index (κ2) is 9.90. The van der Waals surface area contributed by atoms with Gasteiger partial charge in [-0.25, -0.2) is 4.79 Å². The van der Waals surface area contributed by atoms with Crippen LogP contribution in [0.5, 0.6) is 0 Å². The lowest BCUT2D eigenvalue weighted by Gasteiger charge is -2.09.